The molecule has 1 amide bonds. The highest BCUT2D eigenvalue weighted by atomic mass is 35.5. The molecule has 0 saturated heterocycles. The van der Waals surface area contributed by atoms with E-state index in [0.29, 0.717) is 30.3 Å². The van der Waals surface area contributed by atoms with E-state index in [4.69, 9.17) is 4.74 Å². The van der Waals surface area contributed by atoms with Crippen LogP contribution in [-0.2, 0) is 13.0 Å². The molecular formula is C17H23ClN4O2. The number of carbonyl (C=O) groups excluding carboxylic acids is 1. The van der Waals surface area contributed by atoms with Crippen LogP contribution in [0, 0.1) is 6.92 Å². The summed E-state index contributed by atoms with van der Waals surface area (Å²) in [5.74, 6) is 0.485. The number of halogens is 1. The van der Waals surface area contributed by atoms with Crippen LogP contribution in [0.3, 0.4) is 0 Å². The fraction of sp³-hybridized carbons (Fsp3) is 0.412. The van der Waals surface area contributed by atoms with Crippen LogP contribution in [0.15, 0.2) is 18.2 Å². The van der Waals surface area contributed by atoms with E-state index in [1.165, 1.54) is 0 Å². The van der Waals surface area contributed by atoms with Crippen LogP contribution >= 0.6 is 12.4 Å². The number of benzene rings is 1. The van der Waals surface area contributed by atoms with Gasteiger partial charge in [-0.1, -0.05) is 13.0 Å². The molecule has 3 rings (SSSR count). The highest BCUT2D eigenvalue weighted by Crippen LogP contribution is 2.27. The average Bonchev–Trinajstić information content (AvgIpc) is 2.99. The van der Waals surface area contributed by atoms with Crippen molar-refractivity contribution in [3.05, 3.63) is 40.7 Å². The molecule has 0 atom stereocenters. The van der Waals surface area contributed by atoms with Crippen LogP contribution in [0.5, 0.6) is 5.75 Å². The van der Waals surface area contributed by atoms with Gasteiger partial charge in [-0.15, -0.1) is 12.4 Å². The molecular weight excluding hydrogens is 328 g/mol. The summed E-state index contributed by atoms with van der Waals surface area (Å²) in [5.41, 5.74) is 4.22. The van der Waals surface area contributed by atoms with E-state index in [1.54, 1.807) is 0 Å². The molecule has 7 heteroatoms. The van der Waals surface area contributed by atoms with Crippen LogP contribution in [0.4, 0.5) is 5.69 Å². The van der Waals surface area contributed by atoms with Gasteiger partial charge in [-0.05, 0) is 31.0 Å². The Morgan fingerprint density at radius 2 is 2.25 bits per heavy atom. The van der Waals surface area contributed by atoms with Crippen molar-refractivity contribution in [2.45, 2.75) is 33.2 Å². The third kappa shape index (κ3) is 3.88. The van der Waals surface area contributed by atoms with E-state index in [9.17, 15) is 4.79 Å². The molecule has 2 aromatic rings. The van der Waals surface area contributed by atoms with Crippen molar-refractivity contribution in [3.63, 3.8) is 0 Å². The molecule has 0 bridgehead atoms. The second-order valence-electron chi connectivity index (χ2n) is 5.76. The molecule has 0 fully saturated rings. The predicted molar refractivity (Wildman–Crippen MR) is 96.2 cm³/mol. The third-order valence-corrected chi connectivity index (χ3v) is 3.87. The number of hydrogen-bond donors (Lipinski definition) is 3. The molecule has 24 heavy (non-hydrogen) atoms. The number of ether oxygens (including phenoxy) is 1. The van der Waals surface area contributed by atoms with Gasteiger partial charge in [0.1, 0.15) is 5.75 Å². The molecule has 0 aliphatic carbocycles. The zero-order valence-corrected chi connectivity index (χ0v) is 14.8. The van der Waals surface area contributed by atoms with E-state index in [1.807, 2.05) is 25.1 Å². The summed E-state index contributed by atoms with van der Waals surface area (Å²) in [5, 5.41) is 13.3. The largest absolute Gasteiger partial charge is 0.491 e. The van der Waals surface area contributed by atoms with Crippen LogP contribution in [0.25, 0.3) is 0 Å². The predicted octanol–water partition coefficient (Wildman–Crippen LogP) is 2.83. The monoisotopic (exact) mass is 350 g/mol. The SMILES string of the molecule is CCCOc1cc(C)ccc1NC(=O)c1n[nH]c2c1CNCC2.Cl. The lowest BCUT2D eigenvalue weighted by atomic mass is 10.1. The number of rotatable bonds is 5. The first-order chi connectivity index (χ1) is 11.2. The quantitative estimate of drug-likeness (QED) is 0.774. The van der Waals surface area contributed by atoms with Gasteiger partial charge in [0.15, 0.2) is 5.69 Å². The zero-order valence-electron chi connectivity index (χ0n) is 13.9. The standard InChI is InChI=1S/C17H22N4O2.ClH/c1-3-8-23-15-9-11(2)4-5-14(15)19-17(22)16-12-10-18-7-6-13(12)20-21-16;/h4-5,9,18H,3,6-8,10H2,1-2H3,(H,19,22)(H,20,21);1H. The molecule has 0 unspecified atom stereocenters. The Hall–Kier alpha value is -2.05. The maximum absolute atomic E-state index is 12.6. The normalized spacial score (nSPS) is 12.9. The van der Waals surface area contributed by atoms with Gasteiger partial charge >= 0.3 is 0 Å². The summed E-state index contributed by atoms with van der Waals surface area (Å²) in [7, 11) is 0. The fourth-order valence-corrected chi connectivity index (χ4v) is 2.66. The Morgan fingerprint density at radius 1 is 1.42 bits per heavy atom. The van der Waals surface area contributed by atoms with Gasteiger partial charge in [0.05, 0.1) is 12.3 Å². The Kier molecular flexibility index (Phi) is 6.23. The van der Waals surface area contributed by atoms with E-state index in [-0.39, 0.29) is 18.3 Å². The van der Waals surface area contributed by atoms with Crippen molar-refractivity contribution in [2.75, 3.05) is 18.5 Å². The van der Waals surface area contributed by atoms with Crippen molar-refractivity contribution < 1.29 is 9.53 Å². The number of carbonyl (C=O) groups is 1. The first kappa shape index (κ1) is 18.3. The van der Waals surface area contributed by atoms with Gasteiger partial charge in [-0.25, -0.2) is 0 Å². The van der Waals surface area contributed by atoms with Gasteiger partial charge in [-0.3, -0.25) is 9.89 Å². The number of anilines is 1. The lowest BCUT2D eigenvalue weighted by molar-refractivity contribution is 0.102. The first-order valence-electron chi connectivity index (χ1n) is 8.00. The van der Waals surface area contributed by atoms with Gasteiger partial charge in [-0.2, -0.15) is 5.10 Å². The number of amides is 1. The van der Waals surface area contributed by atoms with E-state index in [0.717, 1.165) is 36.2 Å². The Bertz CT molecular complexity index is 715. The van der Waals surface area contributed by atoms with Gasteiger partial charge in [0.25, 0.3) is 5.91 Å². The number of aromatic amines is 1. The van der Waals surface area contributed by atoms with E-state index >= 15 is 0 Å². The zero-order chi connectivity index (χ0) is 16.2. The Labute approximate surface area is 147 Å². The van der Waals surface area contributed by atoms with Crippen molar-refractivity contribution in [1.82, 2.24) is 15.5 Å². The molecule has 130 valence electrons. The van der Waals surface area contributed by atoms with Gasteiger partial charge < -0.3 is 15.4 Å². The van der Waals surface area contributed by atoms with E-state index in [2.05, 4.69) is 27.8 Å². The number of aromatic nitrogens is 2. The molecule has 0 spiro atoms. The minimum atomic E-state index is -0.212. The second kappa shape index (κ2) is 8.17. The number of aryl methyl sites for hydroxylation is 1. The number of fused-ring (bicyclic) bond motifs is 1. The summed E-state index contributed by atoms with van der Waals surface area (Å²) in [6.07, 6.45) is 1.78. The molecule has 0 radical (unpaired) electrons. The lowest BCUT2D eigenvalue weighted by Gasteiger charge is -2.14. The van der Waals surface area contributed by atoms with Gasteiger partial charge in [0.2, 0.25) is 0 Å². The molecule has 6 nitrogen and oxygen atoms in total. The smallest absolute Gasteiger partial charge is 0.276 e. The van der Waals surface area contributed by atoms with Crippen molar-refractivity contribution in [2.24, 2.45) is 0 Å². The number of H-pyrrole nitrogens is 1. The van der Waals surface area contributed by atoms with Gasteiger partial charge in [0, 0.05) is 30.8 Å². The molecule has 3 N–H and O–H groups in total. The van der Waals surface area contributed by atoms with Crippen LogP contribution < -0.4 is 15.4 Å². The van der Waals surface area contributed by atoms with Crippen molar-refractivity contribution >= 4 is 24.0 Å². The molecule has 2 heterocycles. The first-order valence-corrected chi connectivity index (χ1v) is 8.00. The molecule has 1 aromatic heterocycles. The van der Waals surface area contributed by atoms with E-state index < -0.39 is 0 Å². The van der Waals surface area contributed by atoms with Crippen LogP contribution in [0.1, 0.15) is 40.7 Å². The number of nitrogens with zero attached hydrogens (tertiary/aromatic N) is 1. The highest BCUT2D eigenvalue weighted by molar-refractivity contribution is 6.04. The minimum Gasteiger partial charge on any atom is -0.491 e. The molecule has 0 saturated carbocycles. The number of nitrogens with one attached hydrogen (secondary N) is 3. The van der Waals surface area contributed by atoms with Crippen molar-refractivity contribution in [3.8, 4) is 5.75 Å². The average molecular weight is 351 g/mol. The Balaban J connectivity index is 0.00000208. The maximum Gasteiger partial charge on any atom is 0.276 e. The second-order valence-corrected chi connectivity index (χ2v) is 5.76. The molecule has 1 aliphatic rings. The summed E-state index contributed by atoms with van der Waals surface area (Å²) in [4.78, 5) is 12.6. The van der Waals surface area contributed by atoms with Crippen LogP contribution in [0.2, 0.25) is 0 Å². The molecule has 1 aromatic carbocycles. The lowest BCUT2D eigenvalue weighted by Crippen LogP contribution is -2.25. The third-order valence-electron chi connectivity index (χ3n) is 3.87. The minimum absolute atomic E-state index is 0. The summed E-state index contributed by atoms with van der Waals surface area (Å²) < 4.78 is 5.74. The topological polar surface area (TPSA) is 79.0 Å². The number of hydrogen-bond acceptors (Lipinski definition) is 4. The Morgan fingerprint density at radius 3 is 3.04 bits per heavy atom. The summed E-state index contributed by atoms with van der Waals surface area (Å²) >= 11 is 0. The summed E-state index contributed by atoms with van der Waals surface area (Å²) in [6.45, 7) is 6.25. The fourth-order valence-electron chi connectivity index (χ4n) is 2.66. The summed E-state index contributed by atoms with van der Waals surface area (Å²) in [6, 6.07) is 5.76. The van der Waals surface area contributed by atoms with Crippen LogP contribution in [-0.4, -0.2) is 29.3 Å². The molecule has 1 aliphatic heterocycles. The van der Waals surface area contributed by atoms with Crippen molar-refractivity contribution in [1.29, 1.82) is 0 Å². The highest BCUT2D eigenvalue weighted by Gasteiger charge is 2.22. The maximum atomic E-state index is 12.6.